The molecule has 0 saturated heterocycles. The number of nitrogens with zero attached hydrogens (tertiary/aromatic N) is 3. The third-order valence-electron chi connectivity index (χ3n) is 2.23. The smallest absolute Gasteiger partial charge is 0.181 e. The van der Waals surface area contributed by atoms with Gasteiger partial charge in [-0.05, 0) is 19.9 Å². The maximum atomic E-state index is 8.94. The van der Waals surface area contributed by atoms with Gasteiger partial charge in [0.25, 0.3) is 0 Å². The van der Waals surface area contributed by atoms with E-state index in [0.717, 1.165) is 5.69 Å². The molecule has 0 spiro atoms. The largest absolute Gasteiger partial charge is 0.489 e. The summed E-state index contributed by atoms with van der Waals surface area (Å²) < 4.78 is 7.36. The first-order chi connectivity index (χ1) is 8.27. The van der Waals surface area contributed by atoms with Gasteiger partial charge in [0, 0.05) is 18.1 Å². The lowest BCUT2D eigenvalue weighted by molar-refractivity contribution is 0.341. The van der Waals surface area contributed by atoms with E-state index < -0.39 is 0 Å². The predicted molar refractivity (Wildman–Crippen MR) is 67.2 cm³/mol. The Kier molecular flexibility index (Phi) is 4.53. The molecule has 0 aliphatic rings. The Morgan fingerprint density at radius 1 is 1.47 bits per heavy atom. The topological polar surface area (TPSA) is 50.3 Å². The van der Waals surface area contributed by atoms with Crippen LogP contribution in [0.2, 0.25) is 0 Å². The number of aromatic nitrogens is 2. The zero-order valence-corrected chi connectivity index (χ0v) is 10.7. The maximum Gasteiger partial charge on any atom is 0.181 e. The number of aryl methyl sites for hydroxylation is 1. The van der Waals surface area contributed by atoms with Gasteiger partial charge in [0.05, 0.1) is 12.2 Å². The van der Waals surface area contributed by atoms with Crippen LogP contribution in [0.25, 0.3) is 5.65 Å². The van der Waals surface area contributed by atoms with E-state index in [4.69, 9.17) is 10.00 Å². The van der Waals surface area contributed by atoms with E-state index >= 15 is 0 Å². The van der Waals surface area contributed by atoms with E-state index in [2.05, 4.69) is 11.1 Å². The van der Waals surface area contributed by atoms with Crippen molar-refractivity contribution in [2.75, 3.05) is 6.61 Å². The van der Waals surface area contributed by atoms with Crippen LogP contribution in [0.15, 0.2) is 18.5 Å². The summed E-state index contributed by atoms with van der Waals surface area (Å²) in [5.41, 5.74) is 2.25. The number of fused-ring (bicyclic) bond motifs is 1. The van der Waals surface area contributed by atoms with E-state index in [0.29, 0.717) is 23.6 Å². The highest BCUT2D eigenvalue weighted by molar-refractivity contribution is 5.62. The number of rotatable bonds is 2. The van der Waals surface area contributed by atoms with Crippen LogP contribution in [0.1, 0.15) is 32.0 Å². The number of hydrogen-bond acceptors (Lipinski definition) is 3. The van der Waals surface area contributed by atoms with Gasteiger partial charge >= 0.3 is 0 Å². The Morgan fingerprint density at radius 2 is 2.18 bits per heavy atom. The third-order valence-corrected chi connectivity index (χ3v) is 2.23. The summed E-state index contributed by atoms with van der Waals surface area (Å²) in [5, 5.41) is 8.94. The normalized spacial score (nSPS) is 9.35. The SMILES string of the molecule is CC.CCOc1c(C#N)ccn2c(C)cnc12. The number of pyridine rings is 1. The van der Waals surface area contributed by atoms with Crippen LogP contribution in [0.4, 0.5) is 0 Å². The van der Waals surface area contributed by atoms with E-state index in [1.165, 1.54) is 0 Å². The van der Waals surface area contributed by atoms with Crippen molar-refractivity contribution < 1.29 is 4.74 Å². The zero-order valence-electron chi connectivity index (χ0n) is 10.7. The molecule has 0 radical (unpaired) electrons. The highest BCUT2D eigenvalue weighted by Gasteiger charge is 2.11. The number of nitriles is 1. The second-order valence-corrected chi connectivity index (χ2v) is 3.20. The Bertz CT molecular complexity index is 537. The molecule has 0 aromatic carbocycles. The third kappa shape index (κ3) is 2.39. The molecule has 90 valence electrons. The van der Waals surface area contributed by atoms with Crippen molar-refractivity contribution in [2.24, 2.45) is 0 Å². The molecule has 4 nitrogen and oxygen atoms in total. The molecule has 0 bridgehead atoms. The number of ether oxygens (including phenoxy) is 1. The predicted octanol–water partition coefficient (Wildman–Crippen LogP) is 2.94. The minimum atomic E-state index is 0.523. The summed E-state index contributed by atoms with van der Waals surface area (Å²) in [7, 11) is 0. The van der Waals surface area contributed by atoms with E-state index in [1.54, 1.807) is 12.3 Å². The second-order valence-electron chi connectivity index (χ2n) is 3.20. The summed E-state index contributed by atoms with van der Waals surface area (Å²) in [6, 6.07) is 3.85. The lowest BCUT2D eigenvalue weighted by atomic mass is 10.2. The van der Waals surface area contributed by atoms with Gasteiger partial charge < -0.3 is 9.14 Å². The number of imidazole rings is 1. The summed E-state index contributed by atoms with van der Waals surface area (Å²) in [6.07, 6.45) is 3.59. The molecular formula is C13H17N3O. The maximum absolute atomic E-state index is 8.94. The van der Waals surface area contributed by atoms with Crippen LogP contribution in [-0.4, -0.2) is 16.0 Å². The summed E-state index contributed by atoms with van der Waals surface area (Å²) in [5.74, 6) is 0.565. The van der Waals surface area contributed by atoms with Gasteiger partial charge in [-0.25, -0.2) is 4.98 Å². The fourth-order valence-corrected chi connectivity index (χ4v) is 1.52. The monoisotopic (exact) mass is 231 g/mol. The molecule has 0 fully saturated rings. The molecule has 0 aliphatic carbocycles. The Hall–Kier alpha value is -2.02. The lowest BCUT2D eigenvalue weighted by Crippen LogP contribution is -1.99. The highest BCUT2D eigenvalue weighted by Crippen LogP contribution is 2.24. The molecule has 0 unspecified atom stereocenters. The molecule has 2 aromatic heterocycles. The van der Waals surface area contributed by atoms with Gasteiger partial charge in [-0.15, -0.1) is 0 Å². The Morgan fingerprint density at radius 3 is 2.76 bits per heavy atom. The molecule has 0 amide bonds. The fourth-order valence-electron chi connectivity index (χ4n) is 1.52. The average Bonchev–Trinajstić information content (AvgIpc) is 2.75. The zero-order chi connectivity index (χ0) is 12.8. The Labute approximate surface area is 101 Å². The van der Waals surface area contributed by atoms with Crippen molar-refractivity contribution >= 4 is 5.65 Å². The molecule has 17 heavy (non-hydrogen) atoms. The molecule has 2 rings (SSSR count). The van der Waals surface area contributed by atoms with Crippen molar-refractivity contribution in [3.05, 3.63) is 29.7 Å². The number of hydrogen-bond donors (Lipinski definition) is 0. The molecule has 0 N–H and O–H groups in total. The van der Waals surface area contributed by atoms with Gasteiger partial charge in [0.1, 0.15) is 6.07 Å². The highest BCUT2D eigenvalue weighted by atomic mass is 16.5. The quantitative estimate of drug-likeness (QED) is 0.798. The molecular weight excluding hydrogens is 214 g/mol. The molecule has 0 atom stereocenters. The van der Waals surface area contributed by atoms with Crippen molar-refractivity contribution in [1.29, 1.82) is 5.26 Å². The summed E-state index contributed by atoms with van der Waals surface area (Å²) in [6.45, 7) is 8.38. The van der Waals surface area contributed by atoms with Gasteiger partial charge in [0.15, 0.2) is 11.4 Å². The van der Waals surface area contributed by atoms with Crippen molar-refractivity contribution in [1.82, 2.24) is 9.38 Å². The Balaban J connectivity index is 0.000000686. The van der Waals surface area contributed by atoms with Crippen molar-refractivity contribution in [2.45, 2.75) is 27.7 Å². The molecule has 2 heterocycles. The van der Waals surface area contributed by atoms with Crippen LogP contribution in [0, 0.1) is 18.3 Å². The molecule has 0 aliphatic heterocycles. The van der Waals surface area contributed by atoms with Gasteiger partial charge in [-0.1, -0.05) is 13.8 Å². The summed E-state index contributed by atoms with van der Waals surface area (Å²) >= 11 is 0. The minimum Gasteiger partial charge on any atom is -0.489 e. The average molecular weight is 231 g/mol. The summed E-state index contributed by atoms with van der Waals surface area (Å²) in [4.78, 5) is 4.23. The van der Waals surface area contributed by atoms with Crippen LogP contribution in [0.5, 0.6) is 5.75 Å². The first-order valence-electron chi connectivity index (χ1n) is 5.77. The lowest BCUT2D eigenvalue weighted by Gasteiger charge is -2.06. The first kappa shape index (κ1) is 13.0. The van der Waals surface area contributed by atoms with E-state index in [1.807, 2.05) is 38.3 Å². The fraction of sp³-hybridized carbons (Fsp3) is 0.385. The van der Waals surface area contributed by atoms with Gasteiger partial charge in [0.2, 0.25) is 0 Å². The van der Waals surface area contributed by atoms with Gasteiger partial charge in [-0.3, -0.25) is 0 Å². The molecule has 4 heteroatoms. The minimum absolute atomic E-state index is 0.523. The van der Waals surface area contributed by atoms with E-state index in [9.17, 15) is 0 Å². The first-order valence-corrected chi connectivity index (χ1v) is 5.77. The van der Waals surface area contributed by atoms with Crippen LogP contribution in [0.3, 0.4) is 0 Å². The van der Waals surface area contributed by atoms with Crippen LogP contribution < -0.4 is 4.74 Å². The second kappa shape index (κ2) is 5.90. The van der Waals surface area contributed by atoms with E-state index in [-0.39, 0.29) is 0 Å². The van der Waals surface area contributed by atoms with Crippen LogP contribution >= 0.6 is 0 Å². The standard InChI is InChI=1S/C11H11N3O.C2H6/c1-3-15-10-9(6-12)4-5-14-8(2)7-13-11(10)14;1-2/h4-5,7H,3H2,1-2H3;1-2H3. The van der Waals surface area contributed by atoms with Gasteiger partial charge in [-0.2, -0.15) is 5.26 Å². The van der Waals surface area contributed by atoms with Crippen LogP contribution in [-0.2, 0) is 0 Å². The molecule has 2 aromatic rings. The molecule has 0 saturated carbocycles. The van der Waals surface area contributed by atoms with Crippen molar-refractivity contribution in [3.63, 3.8) is 0 Å². The van der Waals surface area contributed by atoms with Crippen molar-refractivity contribution in [3.8, 4) is 11.8 Å².